The van der Waals surface area contributed by atoms with E-state index in [4.69, 9.17) is 4.74 Å². The molecule has 0 saturated carbocycles. The van der Waals surface area contributed by atoms with Gasteiger partial charge in [0.1, 0.15) is 0 Å². The summed E-state index contributed by atoms with van der Waals surface area (Å²) < 4.78 is 4.91. The van der Waals surface area contributed by atoms with Gasteiger partial charge in [-0.05, 0) is 13.8 Å². The fourth-order valence-corrected chi connectivity index (χ4v) is 0.767. The fraction of sp³-hybridized carbons (Fsp3) is 0.857. The normalized spacial score (nSPS) is 10.9. The van der Waals surface area contributed by atoms with Gasteiger partial charge in [-0.15, -0.1) is 0 Å². The van der Waals surface area contributed by atoms with Crippen LogP contribution in [0, 0.1) is 0 Å². The zero-order valence-electron chi connectivity index (χ0n) is 7.52. The van der Waals surface area contributed by atoms with E-state index in [0.29, 0.717) is 6.61 Å². The first-order valence-corrected chi connectivity index (χ1v) is 3.50. The Morgan fingerprint density at radius 1 is 1.55 bits per heavy atom. The molecular formula is C7H16N2O2. The number of carbonyl (C=O) groups is 1. The van der Waals surface area contributed by atoms with Gasteiger partial charge in [-0.3, -0.25) is 0 Å². The largest absolute Gasteiger partial charge is 0.382 e. The smallest absolute Gasteiger partial charge is 0.315 e. The first-order chi connectivity index (χ1) is 5.02. The fourth-order valence-electron chi connectivity index (χ4n) is 0.767. The lowest BCUT2D eigenvalue weighted by Crippen LogP contribution is -2.50. The maximum absolute atomic E-state index is 10.8. The number of rotatable bonds is 3. The summed E-state index contributed by atoms with van der Waals surface area (Å²) in [4.78, 5) is 10.8. The number of methoxy groups -OCH3 is 1. The van der Waals surface area contributed by atoms with E-state index in [0.717, 1.165) is 0 Å². The highest BCUT2D eigenvalue weighted by Gasteiger charge is 2.18. The van der Waals surface area contributed by atoms with Gasteiger partial charge in [-0.1, -0.05) is 0 Å². The summed E-state index contributed by atoms with van der Waals surface area (Å²) in [7, 11) is 3.19. The van der Waals surface area contributed by atoms with Crippen molar-refractivity contribution in [3.05, 3.63) is 0 Å². The highest BCUT2D eigenvalue weighted by molar-refractivity contribution is 5.74. The monoisotopic (exact) mass is 160 g/mol. The van der Waals surface area contributed by atoms with Gasteiger partial charge in [-0.2, -0.15) is 0 Å². The molecule has 0 rings (SSSR count). The van der Waals surface area contributed by atoms with Crippen molar-refractivity contribution in [2.45, 2.75) is 19.4 Å². The Bertz CT molecular complexity index is 134. The molecule has 11 heavy (non-hydrogen) atoms. The molecule has 2 N–H and O–H groups in total. The molecule has 0 fully saturated rings. The van der Waals surface area contributed by atoms with Gasteiger partial charge >= 0.3 is 6.03 Å². The molecule has 0 bridgehead atoms. The first kappa shape index (κ1) is 10.2. The van der Waals surface area contributed by atoms with Gasteiger partial charge in [0.05, 0.1) is 12.1 Å². The van der Waals surface area contributed by atoms with Crippen molar-refractivity contribution in [2.75, 3.05) is 20.8 Å². The van der Waals surface area contributed by atoms with Crippen LogP contribution in [0.3, 0.4) is 0 Å². The van der Waals surface area contributed by atoms with Crippen LogP contribution >= 0.6 is 0 Å². The van der Waals surface area contributed by atoms with Crippen LogP contribution in [0.25, 0.3) is 0 Å². The third-order valence-electron chi connectivity index (χ3n) is 1.18. The van der Waals surface area contributed by atoms with E-state index in [1.54, 1.807) is 14.2 Å². The molecule has 4 heteroatoms. The molecule has 0 atom stereocenters. The Kier molecular flexibility index (Phi) is 3.89. The second kappa shape index (κ2) is 4.18. The van der Waals surface area contributed by atoms with Gasteiger partial charge in [0.2, 0.25) is 0 Å². The van der Waals surface area contributed by atoms with Gasteiger partial charge in [0.15, 0.2) is 0 Å². The standard InChI is InChI=1S/C7H16N2O2/c1-7(2,5-11-4)9-6(10)8-3/h5H2,1-4H3,(H2,8,9,10). The number of hydrogen-bond acceptors (Lipinski definition) is 2. The molecule has 66 valence electrons. The Hall–Kier alpha value is -0.770. The van der Waals surface area contributed by atoms with Crippen molar-refractivity contribution in [1.82, 2.24) is 10.6 Å². The summed E-state index contributed by atoms with van der Waals surface area (Å²) in [5.41, 5.74) is -0.311. The lowest BCUT2D eigenvalue weighted by Gasteiger charge is -2.24. The number of amides is 2. The lowest BCUT2D eigenvalue weighted by atomic mass is 10.1. The number of carbonyl (C=O) groups excluding carboxylic acids is 1. The minimum atomic E-state index is -0.311. The molecule has 0 saturated heterocycles. The average molecular weight is 160 g/mol. The van der Waals surface area contributed by atoms with Crippen molar-refractivity contribution < 1.29 is 9.53 Å². The predicted octanol–water partition coefficient (Wildman–Crippen LogP) is 0.340. The van der Waals surface area contributed by atoms with Crippen LogP contribution in [-0.4, -0.2) is 32.3 Å². The molecule has 0 heterocycles. The summed E-state index contributed by atoms with van der Waals surface area (Å²) in [6, 6.07) is -0.188. The summed E-state index contributed by atoms with van der Waals surface area (Å²) in [5.74, 6) is 0. The van der Waals surface area contributed by atoms with E-state index in [9.17, 15) is 4.79 Å². The first-order valence-electron chi connectivity index (χ1n) is 3.50. The maximum atomic E-state index is 10.8. The second-order valence-corrected chi connectivity index (χ2v) is 3.02. The molecule has 0 aromatic rings. The maximum Gasteiger partial charge on any atom is 0.315 e. The highest BCUT2D eigenvalue weighted by atomic mass is 16.5. The van der Waals surface area contributed by atoms with Gasteiger partial charge in [0, 0.05) is 14.2 Å². The molecule has 0 spiro atoms. The van der Waals surface area contributed by atoms with Crippen LogP contribution in [0.5, 0.6) is 0 Å². The van der Waals surface area contributed by atoms with Gasteiger partial charge < -0.3 is 15.4 Å². The van der Waals surface area contributed by atoms with E-state index < -0.39 is 0 Å². The second-order valence-electron chi connectivity index (χ2n) is 3.02. The number of nitrogens with one attached hydrogen (secondary N) is 2. The SMILES string of the molecule is CNC(=O)NC(C)(C)COC. The highest BCUT2D eigenvalue weighted by Crippen LogP contribution is 2.00. The van der Waals surface area contributed by atoms with E-state index >= 15 is 0 Å². The molecule has 0 aliphatic carbocycles. The van der Waals surface area contributed by atoms with Crippen LogP contribution in [0.4, 0.5) is 4.79 Å². The minimum Gasteiger partial charge on any atom is -0.382 e. The van der Waals surface area contributed by atoms with Crippen LogP contribution in [0.2, 0.25) is 0 Å². The predicted molar refractivity (Wildman–Crippen MR) is 43.5 cm³/mol. The average Bonchev–Trinajstić information content (AvgIpc) is 1.86. The van der Waals surface area contributed by atoms with Crippen molar-refractivity contribution in [1.29, 1.82) is 0 Å². The van der Waals surface area contributed by atoms with Crippen LogP contribution < -0.4 is 10.6 Å². The zero-order valence-corrected chi connectivity index (χ0v) is 7.52. The topological polar surface area (TPSA) is 50.4 Å². The number of ether oxygens (including phenoxy) is 1. The van der Waals surface area contributed by atoms with Crippen molar-refractivity contribution in [3.8, 4) is 0 Å². The molecule has 0 radical (unpaired) electrons. The molecule has 0 unspecified atom stereocenters. The van der Waals surface area contributed by atoms with Crippen LogP contribution in [-0.2, 0) is 4.74 Å². The number of urea groups is 1. The van der Waals surface area contributed by atoms with E-state index in [1.807, 2.05) is 13.8 Å². The summed E-state index contributed by atoms with van der Waals surface area (Å²) in [6.45, 7) is 4.29. The van der Waals surface area contributed by atoms with Crippen LogP contribution in [0.15, 0.2) is 0 Å². The quantitative estimate of drug-likeness (QED) is 0.625. The minimum absolute atomic E-state index is 0.188. The molecule has 0 aromatic heterocycles. The van der Waals surface area contributed by atoms with E-state index in [2.05, 4.69) is 10.6 Å². The molecule has 4 nitrogen and oxygen atoms in total. The van der Waals surface area contributed by atoms with E-state index in [-0.39, 0.29) is 11.6 Å². The summed E-state index contributed by atoms with van der Waals surface area (Å²) in [5, 5.41) is 5.21. The molecule has 0 aromatic carbocycles. The Morgan fingerprint density at radius 3 is 2.45 bits per heavy atom. The lowest BCUT2D eigenvalue weighted by molar-refractivity contribution is 0.131. The number of hydrogen-bond donors (Lipinski definition) is 2. The molecule has 0 aliphatic rings. The molecule has 0 aliphatic heterocycles. The van der Waals surface area contributed by atoms with E-state index in [1.165, 1.54) is 0 Å². The zero-order chi connectivity index (χ0) is 8.91. The third-order valence-corrected chi connectivity index (χ3v) is 1.18. The van der Waals surface area contributed by atoms with Gasteiger partial charge in [0.25, 0.3) is 0 Å². The molecular weight excluding hydrogens is 144 g/mol. The summed E-state index contributed by atoms with van der Waals surface area (Å²) >= 11 is 0. The summed E-state index contributed by atoms with van der Waals surface area (Å²) in [6.07, 6.45) is 0. The van der Waals surface area contributed by atoms with Crippen molar-refractivity contribution >= 4 is 6.03 Å². The Morgan fingerprint density at radius 2 is 2.09 bits per heavy atom. The molecule has 2 amide bonds. The third kappa shape index (κ3) is 4.61. The Labute approximate surface area is 67.3 Å². The Balaban J connectivity index is 3.80. The van der Waals surface area contributed by atoms with Crippen molar-refractivity contribution in [3.63, 3.8) is 0 Å². The van der Waals surface area contributed by atoms with Gasteiger partial charge in [-0.25, -0.2) is 4.79 Å². The van der Waals surface area contributed by atoms with Crippen molar-refractivity contribution in [2.24, 2.45) is 0 Å². The van der Waals surface area contributed by atoms with Crippen LogP contribution in [0.1, 0.15) is 13.8 Å².